The van der Waals surface area contributed by atoms with Crippen molar-refractivity contribution in [3.8, 4) is 0 Å². The third-order valence-corrected chi connectivity index (χ3v) is 3.75. The van der Waals surface area contributed by atoms with Crippen molar-refractivity contribution in [1.82, 2.24) is 4.90 Å². The van der Waals surface area contributed by atoms with Gasteiger partial charge in [-0.1, -0.05) is 12.2 Å². The topological polar surface area (TPSA) is 57.6 Å². The smallest absolute Gasteiger partial charge is 0.306 e. The Bertz CT molecular complexity index is 330. The number of rotatable bonds is 3. The van der Waals surface area contributed by atoms with E-state index in [4.69, 9.17) is 5.11 Å². The van der Waals surface area contributed by atoms with Gasteiger partial charge in [0.05, 0.1) is 5.92 Å². The number of hydrogen-bond donors (Lipinski definition) is 1. The first-order valence-electron chi connectivity index (χ1n) is 6.34. The van der Waals surface area contributed by atoms with Gasteiger partial charge in [-0.05, 0) is 31.6 Å². The van der Waals surface area contributed by atoms with Crippen molar-refractivity contribution < 1.29 is 14.7 Å². The minimum atomic E-state index is -0.726. The van der Waals surface area contributed by atoms with Gasteiger partial charge in [-0.15, -0.1) is 0 Å². The maximum Gasteiger partial charge on any atom is 0.306 e. The van der Waals surface area contributed by atoms with E-state index in [0.29, 0.717) is 38.3 Å². The van der Waals surface area contributed by atoms with E-state index in [9.17, 15) is 9.59 Å². The number of aliphatic carboxylic acids is 1. The minimum absolute atomic E-state index is 0.186. The summed E-state index contributed by atoms with van der Waals surface area (Å²) in [4.78, 5) is 24.6. The van der Waals surface area contributed by atoms with E-state index in [1.165, 1.54) is 0 Å². The molecule has 4 heteroatoms. The fourth-order valence-corrected chi connectivity index (χ4v) is 2.59. The molecule has 0 aromatic heterocycles. The van der Waals surface area contributed by atoms with Crippen LogP contribution in [0.2, 0.25) is 0 Å². The summed E-state index contributed by atoms with van der Waals surface area (Å²) >= 11 is 0. The van der Waals surface area contributed by atoms with Crippen LogP contribution in [0.25, 0.3) is 0 Å². The number of carboxylic acid groups (broad SMARTS) is 1. The lowest BCUT2D eigenvalue weighted by Gasteiger charge is -2.30. The number of carbonyl (C=O) groups excluding carboxylic acids is 1. The third kappa shape index (κ3) is 3.08. The summed E-state index contributed by atoms with van der Waals surface area (Å²) in [6.07, 6.45) is 8.21. The number of allylic oxidation sites excluding steroid dienone is 2. The molecule has 1 amide bonds. The van der Waals surface area contributed by atoms with E-state index < -0.39 is 5.97 Å². The Morgan fingerprint density at radius 1 is 1.24 bits per heavy atom. The van der Waals surface area contributed by atoms with E-state index in [1.807, 2.05) is 4.90 Å². The van der Waals surface area contributed by atoms with Crippen LogP contribution in [0.1, 0.15) is 32.1 Å². The first-order chi connectivity index (χ1) is 8.16. The lowest BCUT2D eigenvalue weighted by Crippen LogP contribution is -2.40. The zero-order valence-electron chi connectivity index (χ0n) is 9.97. The number of nitrogens with zero attached hydrogens (tertiary/aromatic N) is 1. The molecule has 2 rings (SSSR count). The van der Waals surface area contributed by atoms with Crippen molar-refractivity contribution in [1.29, 1.82) is 0 Å². The van der Waals surface area contributed by atoms with E-state index in [2.05, 4.69) is 12.2 Å². The molecule has 0 saturated carbocycles. The van der Waals surface area contributed by atoms with Gasteiger partial charge >= 0.3 is 5.97 Å². The molecule has 1 fully saturated rings. The quantitative estimate of drug-likeness (QED) is 0.759. The van der Waals surface area contributed by atoms with E-state index in [1.54, 1.807) is 0 Å². The van der Waals surface area contributed by atoms with Gasteiger partial charge in [-0.2, -0.15) is 0 Å². The molecule has 1 saturated heterocycles. The molecular weight excluding hydrogens is 218 g/mol. The Morgan fingerprint density at radius 2 is 1.94 bits per heavy atom. The van der Waals surface area contributed by atoms with Crippen LogP contribution < -0.4 is 0 Å². The number of amides is 1. The summed E-state index contributed by atoms with van der Waals surface area (Å²) in [6.45, 7) is 1.21. The highest BCUT2D eigenvalue weighted by atomic mass is 16.4. The molecule has 1 heterocycles. The summed E-state index contributed by atoms with van der Waals surface area (Å²) in [5, 5.41) is 8.88. The Morgan fingerprint density at radius 3 is 2.47 bits per heavy atom. The molecule has 0 aromatic carbocycles. The van der Waals surface area contributed by atoms with Gasteiger partial charge in [0.2, 0.25) is 5.91 Å². The van der Waals surface area contributed by atoms with Crippen LogP contribution in [0.15, 0.2) is 12.2 Å². The molecule has 94 valence electrons. The molecule has 2 aliphatic rings. The van der Waals surface area contributed by atoms with Gasteiger partial charge in [-0.25, -0.2) is 0 Å². The van der Waals surface area contributed by atoms with E-state index >= 15 is 0 Å². The van der Waals surface area contributed by atoms with Crippen molar-refractivity contribution in [3.05, 3.63) is 12.2 Å². The maximum absolute atomic E-state index is 12.0. The number of carboxylic acids is 1. The van der Waals surface area contributed by atoms with E-state index in [-0.39, 0.29) is 11.8 Å². The average molecular weight is 237 g/mol. The molecule has 1 aliphatic carbocycles. The Kier molecular flexibility index (Phi) is 3.82. The second-order valence-corrected chi connectivity index (χ2v) is 4.96. The van der Waals surface area contributed by atoms with Crippen LogP contribution in [-0.4, -0.2) is 35.0 Å². The normalized spacial score (nSPS) is 25.2. The maximum atomic E-state index is 12.0. The summed E-state index contributed by atoms with van der Waals surface area (Å²) < 4.78 is 0. The van der Waals surface area contributed by atoms with Gasteiger partial charge in [-0.3, -0.25) is 9.59 Å². The Labute approximate surface area is 101 Å². The predicted molar refractivity (Wildman–Crippen MR) is 63.4 cm³/mol. The van der Waals surface area contributed by atoms with Crippen molar-refractivity contribution in [2.75, 3.05) is 13.1 Å². The zero-order chi connectivity index (χ0) is 12.3. The summed E-state index contributed by atoms with van der Waals surface area (Å²) in [5.41, 5.74) is 0. The molecule has 1 N–H and O–H groups in total. The van der Waals surface area contributed by atoms with Gasteiger partial charge in [0.1, 0.15) is 0 Å². The van der Waals surface area contributed by atoms with Crippen LogP contribution in [0.5, 0.6) is 0 Å². The first kappa shape index (κ1) is 12.1. The molecule has 0 spiro atoms. The van der Waals surface area contributed by atoms with E-state index in [0.717, 1.165) is 12.8 Å². The molecule has 1 aliphatic heterocycles. The molecule has 17 heavy (non-hydrogen) atoms. The van der Waals surface area contributed by atoms with Gasteiger partial charge in [0.25, 0.3) is 0 Å². The second-order valence-electron chi connectivity index (χ2n) is 4.96. The standard InChI is InChI=1S/C13H19NO3/c15-12(9-10-3-1-2-4-10)14-7-5-11(6-8-14)13(16)17/h1,3,10-11H,2,4-9H2,(H,16,17). The highest BCUT2D eigenvalue weighted by Gasteiger charge is 2.27. The summed E-state index contributed by atoms with van der Waals surface area (Å²) in [6, 6.07) is 0. The second kappa shape index (κ2) is 5.34. The van der Waals surface area contributed by atoms with Crippen molar-refractivity contribution in [2.24, 2.45) is 11.8 Å². The van der Waals surface area contributed by atoms with Crippen molar-refractivity contribution in [3.63, 3.8) is 0 Å². The molecule has 4 nitrogen and oxygen atoms in total. The highest BCUT2D eigenvalue weighted by molar-refractivity contribution is 5.77. The van der Waals surface area contributed by atoms with Gasteiger partial charge in [0, 0.05) is 19.5 Å². The number of hydrogen-bond acceptors (Lipinski definition) is 2. The molecule has 0 bridgehead atoms. The highest BCUT2D eigenvalue weighted by Crippen LogP contribution is 2.23. The molecular formula is C13H19NO3. The average Bonchev–Trinajstić information content (AvgIpc) is 2.82. The Balaban J connectivity index is 1.77. The van der Waals surface area contributed by atoms with Crippen LogP contribution in [0, 0.1) is 11.8 Å². The molecule has 0 aromatic rings. The third-order valence-electron chi connectivity index (χ3n) is 3.75. The molecule has 1 unspecified atom stereocenters. The summed E-state index contributed by atoms with van der Waals surface area (Å²) in [7, 11) is 0. The molecule has 0 radical (unpaired) electrons. The summed E-state index contributed by atoms with van der Waals surface area (Å²) in [5.74, 6) is -0.397. The van der Waals surface area contributed by atoms with Crippen molar-refractivity contribution >= 4 is 11.9 Å². The van der Waals surface area contributed by atoms with Crippen LogP contribution in [0.3, 0.4) is 0 Å². The van der Waals surface area contributed by atoms with Crippen LogP contribution in [-0.2, 0) is 9.59 Å². The number of carbonyl (C=O) groups is 2. The minimum Gasteiger partial charge on any atom is -0.481 e. The lowest BCUT2D eigenvalue weighted by molar-refractivity contribution is -0.145. The zero-order valence-corrected chi connectivity index (χ0v) is 9.97. The fraction of sp³-hybridized carbons (Fsp3) is 0.692. The van der Waals surface area contributed by atoms with Crippen LogP contribution in [0.4, 0.5) is 0 Å². The predicted octanol–water partition coefficient (Wildman–Crippen LogP) is 1.67. The fourth-order valence-electron chi connectivity index (χ4n) is 2.59. The van der Waals surface area contributed by atoms with Gasteiger partial charge < -0.3 is 10.0 Å². The van der Waals surface area contributed by atoms with Crippen molar-refractivity contribution in [2.45, 2.75) is 32.1 Å². The number of piperidine rings is 1. The lowest BCUT2D eigenvalue weighted by atomic mass is 9.96. The van der Waals surface area contributed by atoms with Gasteiger partial charge in [0.15, 0.2) is 0 Å². The molecule has 1 atom stereocenters. The largest absolute Gasteiger partial charge is 0.481 e. The SMILES string of the molecule is O=C(O)C1CCN(C(=O)CC2C=CCC2)CC1. The van der Waals surface area contributed by atoms with Crippen LogP contribution >= 0.6 is 0 Å². The Hall–Kier alpha value is -1.32. The number of likely N-dealkylation sites (tertiary alicyclic amines) is 1. The first-order valence-corrected chi connectivity index (χ1v) is 6.34. The monoisotopic (exact) mass is 237 g/mol.